The number of rotatable bonds is 5. The fourth-order valence-electron chi connectivity index (χ4n) is 1.82. The standard InChI is InChI=1S/C14H13NO3/c1-2-7-15(10-14(16)17)9-12-8-11-5-3-4-6-13(11)18-12/h1,3-6,8H,7,9-10H2,(H,16,17). The van der Waals surface area contributed by atoms with Crippen LogP contribution >= 0.6 is 0 Å². The number of hydrogen-bond acceptors (Lipinski definition) is 3. The summed E-state index contributed by atoms with van der Waals surface area (Å²) in [6.45, 7) is 0.579. The Bertz CT molecular complexity index is 561. The number of terminal acetylenes is 1. The minimum Gasteiger partial charge on any atom is -0.480 e. The van der Waals surface area contributed by atoms with E-state index in [9.17, 15) is 4.79 Å². The molecule has 1 aromatic heterocycles. The molecular formula is C14H13NO3. The molecule has 0 atom stereocenters. The number of carboxylic acids is 1. The Morgan fingerprint density at radius 2 is 2.22 bits per heavy atom. The first-order chi connectivity index (χ1) is 8.69. The molecule has 92 valence electrons. The molecule has 1 aromatic carbocycles. The lowest BCUT2D eigenvalue weighted by Crippen LogP contribution is -2.29. The van der Waals surface area contributed by atoms with Crippen LogP contribution in [0.15, 0.2) is 34.7 Å². The van der Waals surface area contributed by atoms with Crippen molar-refractivity contribution < 1.29 is 14.3 Å². The van der Waals surface area contributed by atoms with E-state index in [1.165, 1.54) is 0 Å². The summed E-state index contributed by atoms with van der Waals surface area (Å²) < 4.78 is 5.62. The van der Waals surface area contributed by atoms with Gasteiger partial charge < -0.3 is 9.52 Å². The van der Waals surface area contributed by atoms with Crippen LogP contribution in [0, 0.1) is 12.3 Å². The van der Waals surface area contributed by atoms with Crippen molar-refractivity contribution >= 4 is 16.9 Å². The Kier molecular flexibility index (Phi) is 3.66. The summed E-state index contributed by atoms with van der Waals surface area (Å²) in [7, 11) is 0. The second-order valence-corrected chi connectivity index (χ2v) is 3.99. The monoisotopic (exact) mass is 243 g/mol. The van der Waals surface area contributed by atoms with Gasteiger partial charge in [0.05, 0.1) is 19.6 Å². The van der Waals surface area contributed by atoms with Crippen LogP contribution in [0.1, 0.15) is 5.76 Å². The number of nitrogens with zero attached hydrogens (tertiary/aromatic N) is 1. The Balaban J connectivity index is 2.15. The summed E-state index contributed by atoms with van der Waals surface area (Å²) in [5, 5.41) is 9.79. The lowest BCUT2D eigenvalue weighted by molar-refractivity contribution is -0.138. The van der Waals surface area contributed by atoms with Crippen LogP contribution in [-0.2, 0) is 11.3 Å². The molecule has 0 fully saturated rings. The van der Waals surface area contributed by atoms with E-state index in [1.54, 1.807) is 4.90 Å². The highest BCUT2D eigenvalue weighted by Gasteiger charge is 2.12. The molecule has 0 aliphatic carbocycles. The van der Waals surface area contributed by atoms with E-state index in [-0.39, 0.29) is 13.1 Å². The van der Waals surface area contributed by atoms with Gasteiger partial charge in [-0.2, -0.15) is 0 Å². The number of furan rings is 1. The maximum Gasteiger partial charge on any atom is 0.317 e. The lowest BCUT2D eigenvalue weighted by atomic mass is 10.2. The van der Waals surface area contributed by atoms with E-state index < -0.39 is 5.97 Å². The summed E-state index contributed by atoms with van der Waals surface area (Å²) in [5.41, 5.74) is 0.795. The number of para-hydroxylation sites is 1. The van der Waals surface area contributed by atoms with E-state index >= 15 is 0 Å². The van der Waals surface area contributed by atoms with Gasteiger partial charge in [-0.05, 0) is 12.1 Å². The first-order valence-electron chi connectivity index (χ1n) is 5.54. The van der Waals surface area contributed by atoms with Crippen molar-refractivity contribution in [2.45, 2.75) is 6.54 Å². The molecule has 0 saturated heterocycles. The number of aliphatic carboxylic acids is 1. The van der Waals surface area contributed by atoms with Crippen LogP contribution in [0.5, 0.6) is 0 Å². The highest BCUT2D eigenvalue weighted by molar-refractivity contribution is 5.77. The summed E-state index contributed by atoms with van der Waals surface area (Å²) >= 11 is 0. The summed E-state index contributed by atoms with van der Waals surface area (Å²) in [6, 6.07) is 9.55. The summed E-state index contributed by atoms with van der Waals surface area (Å²) in [6.07, 6.45) is 5.22. The minimum atomic E-state index is -0.902. The average Bonchev–Trinajstić information content (AvgIpc) is 2.70. The molecule has 0 bridgehead atoms. The molecule has 0 unspecified atom stereocenters. The zero-order valence-corrected chi connectivity index (χ0v) is 9.80. The predicted octanol–water partition coefficient (Wildman–Crippen LogP) is 1.95. The Labute approximate surface area is 105 Å². The third-order valence-corrected chi connectivity index (χ3v) is 2.53. The van der Waals surface area contributed by atoms with Crippen LogP contribution in [0.2, 0.25) is 0 Å². The minimum absolute atomic E-state index is 0.0960. The Morgan fingerprint density at radius 3 is 2.89 bits per heavy atom. The molecule has 0 amide bonds. The van der Waals surface area contributed by atoms with Gasteiger partial charge in [0.2, 0.25) is 0 Å². The van der Waals surface area contributed by atoms with Crippen LogP contribution in [-0.4, -0.2) is 29.1 Å². The highest BCUT2D eigenvalue weighted by atomic mass is 16.4. The van der Waals surface area contributed by atoms with Gasteiger partial charge in [0.15, 0.2) is 0 Å². The zero-order valence-electron chi connectivity index (χ0n) is 9.80. The normalized spacial score (nSPS) is 10.7. The molecule has 0 aliphatic rings. The highest BCUT2D eigenvalue weighted by Crippen LogP contribution is 2.19. The number of fused-ring (bicyclic) bond motifs is 1. The van der Waals surface area contributed by atoms with Crippen molar-refractivity contribution in [2.24, 2.45) is 0 Å². The van der Waals surface area contributed by atoms with Gasteiger partial charge in [-0.3, -0.25) is 9.69 Å². The third-order valence-electron chi connectivity index (χ3n) is 2.53. The fourth-order valence-corrected chi connectivity index (χ4v) is 1.82. The van der Waals surface area contributed by atoms with Crippen molar-refractivity contribution in [1.82, 2.24) is 4.90 Å². The van der Waals surface area contributed by atoms with Gasteiger partial charge in [0, 0.05) is 5.39 Å². The molecule has 0 spiro atoms. The first kappa shape index (κ1) is 12.2. The van der Waals surface area contributed by atoms with Crippen LogP contribution in [0.3, 0.4) is 0 Å². The first-order valence-corrected chi connectivity index (χ1v) is 5.54. The van der Waals surface area contributed by atoms with E-state index in [2.05, 4.69) is 5.92 Å². The molecule has 0 saturated carbocycles. The van der Waals surface area contributed by atoms with Gasteiger partial charge in [0.25, 0.3) is 0 Å². The summed E-state index contributed by atoms with van der Waals surface area (Å²) in [4.78, 5) is 12.3. The molecule has 1 heterocycles. The van der Waals surface area contributed by atoms with Gasteiger partial charge in [-0.1, -0.05) is 24.1 Å². The SMILES string of the molecule is C#CCN(CC(=O)O)Cc1cc2ccccc2o1. The molecule has 2 rings (SSSR count). The van der Waals surface area contributed by atoms with Gasteiger partial charge in [-0.15, -0.1) is 6.42 Å². The van der Waals surface area contributed by atoms with Crippen molar-refractivity contribution in [3.05, 3.63) is 36.1 Å². The molecule has 4 heteroatoms. The number of benzene rings is 1. The second kappa shape index (κ2) is 5.39. The van der Waals surface area contributed by atoms with Gasteiger partial charge >= 0.3 is 5.97 Å². The largest absolute Gasteiger partial charge is 0.480 e. The Morgan fingerprint density at radius 1 is 1.44 bits per heavy atom. The van der Waals surface area contributed by atoms with Crippen LogP contribution in [0.4, 0.5) is 0 Å². The molecule has 0 radical (unpaired) electrons. The molecular weight excluding hydrogens is 230 g/mol. The molecule has 1 N–H and O–H groups in total. The van der Waals surface area contributed by atoms with Crippen LogP contribution in [0.25, 0.3) is 11.0 Å². The molecule has 4 nitrogen and oxygen atoms in total. The van der Waals surface area contributed by atoms with Crippen molar-refractivity contribution in [3.63, 3.8) is 0 Å². The Hall–Kier alpha value is -2.25. The number of hydrogen-bond donors (Lipinski definition) is 1. The molecule has 2 aromatic rings. The average molecular weight is 243 g/mol. The number of carbonyl (C=O) groups is 1. The number of carboxylic acid groups (broad SMARTS) is 1. The van der Waals surface area contributed by atoms with E-state index in [1.807, 2.05) is 30.3 Å². The third kappa shape index (κ3) is 2.90. The lowest BCUT2D eigenvalue weighted by Gasteiger charge is -2.15. The fraction of sp³-hybridized carbons (Fsp3) is 0.214. The zero-order chi connectivity index (χ0) is 13.0. The second-order valence-electron chi connectivity index (χ2n) is 3.99. The van der Waals surface area contributed by atoms with Crippen molar-refractivity contribution in [3.8, 4) is 12.3 Å². The van der Waals surface area contributed by atoms with Gasteiger partial charge in [0.1, 0.15) is 11.3 Å². The smallest absolute Gasteiger partial charge is 0.317 e. The van der Waals surface area contributed by atoms with Crippen molar-refractivity contribution in [1.29, 1.82) is 0 Å². The van der Waals surface area contributed by atoms with E-state index in [0.717, 1.165) is 11.0 Å². The van der Waals surface area contributed by atoms with Gasteiger partial charge in [-0.25, -0.2) is 0 Å². The summed E-state index contributed by atoms with van der Waals surface area (Å²) in [5.74, 6) is 2.26. The maximum absolute atomic E-state index is 10.7. The van der Waals surface area contributed by atoms with Crippen LogP contribution < -0.4 is 0 Å². The topological polar surface area (TPSA) is 53.7 Å². The predicted molar refractivity (Wildman–Crippen MR) is 68.0 cm³/mol. The van der Waals surface area contributed by atoms with E-state index in [4.69, 9.17) is 15.9 Å². The quantitative estimate of drug-likeness (QED) is 0.815. The van der Waals surface area contributed by atoms with Crippen molar-refractivity contribution in [2.75, 3.05) is 13.1 Å². The molecule has 18 heavy (non-hydrogen) atoms. The van der Waals surface area contributed by atoms with E-state index in [0.29, 0.717) is 12.3 Å². The molecule has 0 aliphatic heterocycles. The maximum atomic E-state index is 10.7.